The average molecular weight is 224 g/mol. The van der Waals surface area contributed by atoms with Crippen LogP contribution >= 0.6 is 0 Å². The molecule has 1 aromatic carbocycles. The largest absolute Gasteiger partial charge is 0.307 e. The molecular weight excluding hydrogens is 211 g/mol. The minimum absolute atomic E-state index is 0.179. The van der Waals surface area contributed by atoms with E-state index < -0.39 is 16.4 Å². The first-order valence-electron chi connectivity index (χ1n) is 5.18. The van der Waals surface area contributed by atoms with Gasteiger partial charge in [-0.3, -0.25) is 10.1 Å². The molecule has 5 heteroatoms. The summed E-state index contributed by atoms with van der Waals surface area (Å²) in [6, 6.07) is 4.01. The van der Waals surface area contributed by atoms with Gasteiger partial charge in [0.15, 0.2) is 0 Å². The van der Waals surface area contributed by atoms with Crippen molar-refractivity contribution in [3.05, 3.63) is 39.7 Å². The molecule has 0 unspecified atom stereocenters. The van der Waals surface area contributed by atoms with E-state index in [9.17, 15) is 14.5 Å². The Kier molecular flexibility index (Phi) is 2.63. The van der Waals surface area contributed by atoms with Crippen LogP contribution in [0.2, 0.25) is 0 Å². The maximum absolute atomic E-state index is 13.3. The fourth-order valence-corrected chi connectivity index (χ4v) is 1.49. The summed E-state index contributed by atoms with van der Waals surface area (Å²) in [6.45, 7) is 2.65. The Morgan fingerprint density at radius 2 is 2.25 bits per heavy atom. The van der Waals surface area contributed by atoms with Gasteiger partial charge in [0.05, 0.1) is 4.92 Å². The lowest BCUT2D eigenvalue weighted by molar-refractivity contribution is -0.387. The Labute approximate surface area is 92.6 Å². The van der Waals surface area contributed by atoms with Crippen LogP contribution in [0.4, 0.5) is 10.1 Å². The molecule has 16 heavy (non-hydrogen) atoms. The van der Waals surface area contributed by atoms with Crippen LogP contribution in [0, 0.1) is 15.9 Å². The molecule has 86 valence electrons. The zero-order valence-electron chi connectivity index (χ0n) is 9.00. The van der Waals surface area contributed by atoms with Crippen LogP contribution in [0.3, 0.4) is 0 Å². The number of nitro benzene ring substituents is 1. The number of hydrogen-bond donors (Lipinski definition) is 1. The number of nitro groups is 1. The van der Waals surface area contributed by atoms with Crippen molar-refractivity contribution in [3.63, 3.8) is 0 Å². The number of nitrogens with zero attached hydrogens (tertiary/aromatic N) is 1. The molecule has 0 saturated heterocycles. The van der Waals surface area contributed by atoms with Crippen molar-refractivity contribution in [3.8, 4) is 0 Å². The number of hydrogen-bond acceptors (Lipinski definition) is 3. The van der Waals surface area contributed by atoms with E-state index in [1.54, 1.807) is 6.07 Å². The standard InChI is InChI=1S/C11H13FN2O2/c1-11(4-5-11)13-7-8-2-3-10(14(15)16)9(12)6-8/h2-3,6,13H,4-5,7H2,1H3. The molecule has 4 nitrogen and oxygen atoms in total. The number of nitrogens with one attached hydrogen (secondary N) is 1. The lowest BCUT2D eigenvalue weighted by atomic mass is 10.2. The highest BCUT2D eigenvalue weighted by Gasteiger charge is 2.36. The van der Waals surface area contributed by atoms with Gasteiger partial charge in [-0.1, -0.05) is 6.07 Å². The minimum atomic E-state index is -0.773. The van der Waals surface area contributed by atoms with Gasteiger partial charge in [0.1, 0.15) is 0 Å². The zero-order chi connectivity index (χ0) is 11.8. The molecule has 2 rings (SSSR count). The van der Waals surface area contributed by atoms with Crippen LogP contribution in [0.25, 0.3) is 0 Å². The SMILES string of the molecule is CC1(NCc2ccc([N+](=O)[O-])c(F)c2)CC1. The van der Waals surface area contributed by atoms with Crippen LogP contribution in [-0.2, 0) is 6.54 Å². The Hall–Kier alpha value is -1.49. The highest BCUT2D eigenvalue weighted by molar-refractivity contribution is 5.35. The highest BCUT2D eigenvalue weighted by Crippen LogP contribution is 2.34. The summed E-state index contributed by atoms with van der Waals surface area (Å²) >= 11 is 0. The van der Waals surface area contributed by atoms with Crippen molar-refractivity contribution in [1.29, 1.82) is 0 Å². The molecule has 1 N–H and O–H groups in total. The maximum atomic E-state index is 13.3. The van der Waals surface area contributed by atoms with Crippen molar-refractivity contribution < 1.29 is 9.31 Å². The van der Waals surface area contributed by atoms with Gasteiger partial charge in [-0.25, -0.2) is 0 Å². The third-order valence-electron chi connectivity index (χ3n) is 2.93. The molecule has 0 radical (unpaired) electrons. The van der Waals surface area contributed by atoms with E-state index >= 15 is 0 Å². The second kappa shape index (κ2) is 3.83. The van der Waals surface area contributed by atoms with Crippen LogP contribution in [-0.4, -0.2) is 10.5 Å². The lowest BCUT2D eigenvalue weighted by Gasteiger charge is -2.10. The van der Waals surface area contributed by atoms with E-state index in [2.05, 4.69) is 12.2 Å². The third-order valence-corrected chi connectivity index (χ3v) is 2.93. The van der Waals surface area contributed by atoms with Gasteiger partial charge in [-0.05, 0) is 31.4 Å². The van der Waals surface area contributed by atoms with Gasteiger partial charge in [-0.2, -0.15) is 4.39 Å². The Morgan fingerprint density at radius 1 is 1.56 bits per heavy atom. The number of rotatable bonds is 4. The molecule has 0 heterocycles. The van der Waals surface area contributed by atoms with Crippen molar-refractivity contribution in [1.82, 2.24) is 5.32 Å². The molecule has 0 aliphatic heterocycles. The predicted molar refractivity (Wildman–Crippen MR) is 57.5 cm³/mol. The maximum Gasteiger partial charge on any atom is 0.304 e. The fourth-order valence-electron chi connectivity index (χ4n) is 1.49. The zero-order valence-corrected chi connectivity index (χ0v) is 9.00. The monoisotopic (exact) mass is 224 g/mol. The summed E-state index contributed by atoms with van der Waals surface area (Å²) in [6.07, 6.45) is 2.25. The molecule has 0 bridgehead atoms. The predicted octanol–water partition coefficient (Wildman–Crippen LogP) is 2.38. The van der Waals surface area contributed by atoms with Crippen molar-refractivity contribution in [2.75, 3.05) is 0 Å². The first-order valence-corrected chi connectivity index (χ1v) is 5.18. The van der Waals surface area contributed by atoms with Crippen molar-refractivity contribution in [2.45, 2.75) is 31.8 Å². The summed E-state index contributed by atoms with van der Waals surface area (Å²) in [7, 11) is 0. The first kappa shape index (κ1) is 11.0. The molecule has 0 amide bonds. The molecule has 0 aromatic heterocycles. The summed E-state index contributed by atoms with van der Waals surface area (Å²) < 4.78 is 13.3. The molecule has 1 aliphatic carbocycles. The molecule has 1 aromatic rings. The Morgan fingerprint density at radius 3 is 2.75 bits per heavy atom. The third kappa shape index (κ3) is 2.36. The quantitative estimate of drug-likeness (QED) is 0.631. The number of benzene rings is 1. The van der Waals surface area contributed by atoms with E-state index in [-0.39, 0.29) is 5.54 Å². The van der Waals surface area contributed by atoms with Gasteiger partial charge in [0, 0.05) is 18.2 Å². The fraction of sp³-hybridized carbons (Fsp3) is 0.455. The van der Waals surface area contributed by atoms with Crippen LogP contribution in [0.15, 0.2) is 18.2 Å². The van der Waals surface area contributed by atoms with Crippen LogP contribution in [0.5, 0.6) is 0 Å². The van der Waals surface area contributed by atoms with Crippen molar-refractivity contribution >= 4 is 5.69 Å². The molecular formula is C11H13FN2O2. The van der Waals surface area contributed by atoms with Gasteiger partial charge < -0.3 is 5.32 Å². The summed E-state index contributed by atoms with van der Waals surface area (Å²) in [5.74, 6) is -0.773. The second-order valence-corrected chi connectivity index (χ2v) is 4.46. The Bertz CT molecular complexity index is 430. The normalized spacial score (nSPS) is 17.1. The van der Waals surface area contributed by atoms with Crippen LogP contribution < -0.4 is 5.32 Å². The van der Waals surface area contributed by atoms with E-state index in [1.165, 1.54) is 12.1 Å². The topological polar surface area (TPSA) is 55.2 Å². The van der Waals surface area contributed by atoms with E-state index in [1.807, 2.05) is 0 Å². The first-order chi connectivity index (χ1) is 7.50. The Balaban J connectivity index is 2.05. The second-order valence-electron chi connectivity index (χ2n) is 4.46. The molecule has 0 spiro atoms. The molecule has 1 fully saturated rings. The molecule has 1 saturated carbocycles. The van der Waals surface area contributed by atoms with E-state index in [4.69, 9.17) is 0 Å². The van der Waals surface area contributed by atoms with E-state index in [0.29, 0.717) is 6.54 Å². The summed E-state index contributed by atoms with van der Waals surface area (Å²) in [5, 5.41) is 13.7. The van der Waals surface area contributed by atoms with Gasteiger partial charge in [0.2, 0.25) is 5.82 Å². The number of halogens is 1. The highest BCUT2D eigenvalue weighted by atomic mass is 19.1. The van der Waals surface area contributed by atoms with E-state index in [0.717, 1.165) is 18.4 Å². The summed E-state index contributed by atoms with van der Waals surface area (Å²) in [5.41, 5.74) is 0.440. The lowest BCUT2D eigenvalue weighted by Crippen LogP contribution is -2.26. The van der Waals surface area contributed by atoms with Crippen molar-refractivity contribution in [2.24, 2.45) is 0 Å². The van der Waals surface area contributed by atoms with Crippen LogP contribution in [0.1, 0.15) is 25.3 Å². The molecule has 0 atom stereocenters. The minimum Gasteiger partial charge on any atom is -0.307 e. The average Bonchev–Trinajstić information content (AvgIpc) is 2.94. The summed E-state index contributed by atoms with van der Waals surface area (Å²) in [4.78, 5) is 9.70. The van der Waals surface area contributed by atoms with Gasteiger partial charge >= 0.3 is 5.69 Å². The molecule has 1 aliphatic rings. The van der Waals surface area contributed by atoms with Gasteiger partial charge in [0.25, 0.3) is 0 Å². The smallest absolute Gasteiger partial charge is 0.304 e. The van der Waals surface area contributed by atoms with Gasteiger partial charge in [-0.15, -0.1) is 0 Å².